The van der Waals surface area contributed by atoms with Crippen molar-refractivity contribution in [2.24, 2.45) is 17.8 Å². The third kappa shape index (κ3) is 6.45. The third-order valence-corrected chi connectivity index (χ3v) is 3.48. The van der Waals surface area contributed by atoms with E-state index in [0.717, 1.165) is 17.8 Å². The lowest BCUT2D eigenvalue weighted by Gasteiger charge is -2.21. The van der Waals surface area contributed by atoms with E-state index >= 15 is 0 Å². The van der Waals surface area contributed by atoms with Crippen molar-refractivity contribution in [3.8, 4) is 0 Å². The molecule has 0 aliphatic carbocycles. The lowest BCUT2D eigenvalue weighted by molar-refractivity contribution is 0.311. The van der Waals surface area contributed by atoms with Crippen molar-refractivity contribution in [1.29, 1.82) is 0 Å². The van der Waals surface area contributed by atoms with Crippen LogP contribution in [0, 0.1) is 17.8 Å². The number of rotatable bonds is 8. The van der Waals surface area contributed by atoms with Gasteiger partial charge in [-0.25, -0.2) is 0 Å². The van der Waals surface area contributed by atoms with E-state index < -0.39 is 0 Å². The van der Waals surface area contributed by atoms with Gasteiger partial charge >= 0.3 is 0 Å². The second-order valence-electron chi connectivity index (χ2n) is 5.15. The molecule has 0 fully saturated rings. The molecule has 0 nitrogen and oxygen atoms in total. The summed E-state index contributed by atoms with van der Waals surface area (Å²) in [5, 5.41) is 0. The zero-order chi connectivity index (χ0) is 11.0. The maximum absolute atomic E-state index is 2.44. The molecule has 0 radical (unpaired) electrons. The van der Waals surface area contributed by atoms with E-state index in [4.69, 9.17) is 0 Å². The molecular formula is C14H30. The van der Waals surface area contributed by atoms with Crippen molar-refractivity contribution in [1.82, 2.24) is 0 Å². The Morgan fingerprint density at radius 2 is 1.36 bits per heavy atom. The summed E-state index contributed by atoms with van der Waals surface area (Å²) in [7, 11) is 0. The van der Waals surface area contributed by atoms with Gasteiger partial charge in [0.1, 0.15) is 0 Å². The Kier molecular flexibility index (Phi) is 8.32. The van der Waals surface area contributed by atoms with Crippen molar-refractivity contribution in [2.75, 3.05) is 0 Å². The summed E-state index contributed by atoms with van der Waals surface area (Å²) in [5.74, 6) is 2.84. The Bertz CT molecular complexity index is 113. The van der Waals surface area contributed by atoms with Gasteiger partial charge < -0.3 is 0 Å². The van der Waals surface area contributed by atoms with E-state index in [-0.39, 0.29) is 0 Å². The maximum Gasteiger partial charge on any atom is -0.0417 e. The van der Waals surface area contributed by atoms with Crippen LogP contribution in [0.5, 0.6) is 0 Å². The molecule has 86 valence electrons. The summed E-state index contributed by atoms with van der Waals surface area (Å²) in [4.78, 5) is 0. The Balaban J connectivity index is 3.67. The first-order chi connectivity index (χ1) is 6.63. The zero-order valence-corrected chi connectivity index (χ0v) is 11.0. The topological polar surface area (TPSA) is 0 Å². The van der Waals surface area contributed by atoms with Gasteiger partial charge in [-0.2, -0.15) is 0 Å². The molecule has 0 bridgehead atoms. The Morgan fingerprint density at radius 3 is 1.79 bits per heavy atom. The van der Waals surface area contributed by atoms with Crippen molar-refractivity contribution in [3.63, 3.8) is 0 Å². The van der Waals surface area contributed by atoms with E-state index in [0.29, 0.717) is 0 Å². The fourth-order valence-corrected chi connectivity index (χ4v) is 2.58. The third-order valence-electron chi connectivity index (χ3n) is 3.48. The summed E-state index contributed by atoms with van der Waals surface area (Å²) >= 11 is 0. The predicted molar refractivity (Wildman–Crippen MR) is 66.5 cm³/mol. The van der Waals surface area contributed by atoms with Crippen LogP contribution in [0.25, 0.3) is 0 Å². The second kappa shape index (κ2) is 8.32. The van der Waals surface area contributed by atoms with Crippen LogP contribution in [0.4, 0.5) is 0 Å². The molecule has 0 rings (SSSR count). The number of hydrogen-bond donors (Lipinski definition) is 0. The SMILES string of the molecule is CCCC(C)C[C@H](C)CC(CC)CC. The van der Waals surface area contributed by atoms with Crippen molar-refractivity contribution in [3.05, 3.63) is 0 Å². The monoisotopic (exact) mass is 198 g/mol. The number of hydrogen-bond acceptors (Lipinski definition) is 0. The fourth-order valence-electron chi connectivity index (χ4n) is 2.58. The Labute approximate surface area is 91.5 Å². The first-order valence-electron chi connectivity index (χ1n) is 6.63. The van der Waals surface area contributed by atoms with Gasteiger partial charge in [-0.05, 0) is 30.6 Å². The molecule has 0 aromatic rings. The highest BCUT2D eigenvalue weighted by Gasteiger charge is 2.12. The molecule has 0 amide bonds. The minimum absolute atomic E-state index is 0.932. The molecular weight excluding hydrogens is 168 g/mol. The molecule has 0 aliphatic rings. The summed E-state index contributed by atoms with van der Waals surface area (Å²) in [6, 6.07) is 0. The lowest BCUT2D eigenvalue weighted by atomic mass is 9.85. The molecule has 0 aliphatic heterocycles. The van der Waals surface area contributed by atoms with E-state index in [1.807, 2.05) is 0 Å². The van der Waals surface area contributed by atoms with Gasteiger partial charge in [-0.1, -0.05) is 60.3 Å². The standard InChI is InChI=1S/C14H30/c1-6-9-12(4)10-13(5)11-14(7-2)8-3/h12-14H,6-11H2,1-5H3/t12?,13-/m0/s1. The molecule has 0 N–H and O–H groups in total. The Hall–Kier alpha value is 0. The minimum atomic E-state index is 0.932. The smallest absolute Gasteiger partial charge is 0.0417 e. The highest BCUT2D eigenvalue weighted by atomic mass is 14.2. The van der Waals surface area contributed by atoms with E-state index in [9.17, 15) is 0 Å². The van der Waals surface area contributed by atoms with Crippen LogP contribution in [0.1, 0.15) is 73.1 Å². The average molecular weight is 198 g/mol. The normalized spacial score (nSPS) is 15.9. The Morgan fingerprint density at radius 1 is 0.786 bits per heavy atom. The largest absolute Gasteiger partial charge is 0.0654 e. The van der Waals surface area contributed by atoms with Crippen LogP contribution in [0.2, 0.25) is 0 Å². The summed E-state index contributed by atoms with van der Waals surface area (Å²) in [6.45, 7) is 11.8. The highest BCUT2D eigenvalue weighted by Crippen LogP contribution is 2.25. The van der Waals surface area contributed by atoms with Crippen LogP contribution in [0.15, 0.2) is 0 Å². The molecule has 0 saturated carbocycles. The quantitative estimate of drug-likeness (QED) is 0.498. The first-order valence-corrected chi connectivity index (χ1v) is 6.63. The highest BCUT2D eigenvalue weighted by molar-refractivity contribution is 4.64. The molecule has 0 saturated heterocycles. The summed E-state index contributed by atoms with van der Waals surface area (Å²) in [5.41, 5.74) is 0. The van der Waals surface area contributed by atoms with Gasteiger partial charge in [0.2, 0.25) is 0 Å². The lowest BCUT2D eigenvalue weighted by Crippen LogP contribution is -2.08. The van der Waals surface area contributed by atoms with Gasteiger partial charge in [0.25, 0.3) is 0 Å². The van der Waals surface area contributed by atoms with Gasteiger partial charge in [-0.15, -0.1) is 0 Å². The van der Waals surface area contributed by atoms with E-state index in [2.05, 4.69) is 34.6 Å². The molecule has 2 atom stereocenters. The van der Waals surface area contributed by atoms with Crippen LogP contribution in [0.3, 0.4) is 0 Å². The molecule has 0 heteroatoms. The molecule has 0 heterocycles. The van der Waals surface area contributed by atoms with Crippen molar-refractivity contribution >= 4 is 0 Å². The van der Waals surface area contributed by atoms with Crippen LogP contribution in [-0.4, -0.2) is 0 Å². The fraction of sp³-hybridized carbons (Fsp3) is 1.00. The second-order valence-corrected chi connectivity index (χ2v) is 5.15. The summed E-state index contributed by atoms with van der Waals surface area (Å²) in [6.07, 6.45) is 8.36. The van der Waals surface area contributed by atoms with Gasteiger partial charge in [-0.3, -0.25) is 0 Å². The molecule has 1 unspecified atom stereocenters. The molecule has 0 aromatic heterocycles. The molecule has 14 heavy (non-hydrogen) atoms. The zero-order valence-electron chi connectivity index (χ0n) is 11.0. The van der Waals surface area contributed by atoms with Crippen LogP contribution >= 0.6 is 0 Å². The van der Waals surface area contributed by atoms with Crippen LogP contribution in [-0.2, 0) is 0 Å². The van der Waals surface area contributed by atoms with Gasteiger partial charge in [0, 0.05) is 0 Å². The summed E-state index contributed by atoms with van der Waals surface area (Å²) < 4.78 is 0. The predicted octanol–water partition coefficient (Wildman–Crippen LogP) is 5.28. The minimum Gasteiger partial charge on any atom is -0.0654 e. The van der Waals surface area contributed by atoms with Crippen molar-refractivity contribution in [2.45, 2.75) is 73.1 Å². The van der Waals surface area contributed by atoms with Crippen LogP contribution < -0.4 is 0 Å². The molecule has 0 spiro atoms. The average Bonchev–Trinajstić information content (AvgIpc) is 2.14. The van der Waals surface area contributed by atoms with Crippen molar-refractivity contribution < 1.29 is 0 Å². The first kappa shape index (κ1) is 14.0. The van der Waals surface area contributed by atoms with Gasteiger partial charge in [0.05, 0.1) is 0 Å². The van der Waals surface area contributed by atoms with Gasteiger partial charge in [0.15, 0.2) is 0 Å². The molecule has 0 aromatic carbocycles. The van der Waals surface area contributed by atoms with E-state index in [1.165, 1.54) is 38.5 Å². The maximum atomic E-state index is 2.44. The van der Waals surface area contributed by atoms with E-state index in [1.54, 1.807) is 0 Å².